The molecule has 4 rings (SSSR count). The van der Waals surface area contributed by atoms with E-state index in [1.165, 1.54) is 0 Å². The highest BCUT2D eigenvalue weighted by Gasteiger charge is 2.26. The molecule has 0 radical (unpaired) electrons. The van der Waals surface area contributed by atoms with Crippen LogP contribution in [0.2, 0.25) is 0 Å². The summed E-state index contributed by atoms with van der Waals surface area (Å²) in [5.41, 5.74) is 2.47. The van der Waals surface area contributed by atoms with Crippen molar-refractivity contribution in [2.45, 2.75) is 18.8 Å². The number of nitrogens with zero attached hydrogens (tertiary/aromatic N) is 4. The first-order chi connectivity index (χ1) is 13.2. The Morgan fingerprint density at radius 2 is 1.63 bits per heavy atom. The Balaban J connectivity index is 1.44. The maximum atomic E-state index is 12.4. The maximum Gasteiger partial charge on any atom is 0.360 e. The van der Waals surface area contributed by atoms with Gasteiger partial charge in [0.05, 0.1) is 0 Å². The quantitative estimate of drug-likeness (QED) is 0.424. The number of hydrogen-bond donors (Lipinski definition) is 1. The van der Waals surface area contributed by atoms with Crippen molar-refractivity contribution in [3.63, 3.8) is 0 Å². The Hall–Kier alpha value is -3.70. The zero-order valence-corrected chi connectivity index (χ0v) is 14.4. The van der Waals surface area contributed by atoms with E-state index in [9.17, 15) is 9.59 Å². The van der Waals surface area contributed by atoms with Crippen molar-refractivity contribution in [1.29, 1.82) is 0 Å². The summed E-state index contributed by atoms with van der Waals surface area (Å²) in [7, 11) is 0. The normalized spacial score (nSPS) is 12.9. The van der Waals surface area contributed by atoms with Crippen LogP contribution >= 0.6 is 0 Å². The highest BCUT2D eigenvalue weighted by atomic mass is 16.1. The highest BCUT2D eigenvalue weighted by Crippen LogP contribution is 2.39. The number of benzene rings is 2. The molecule has 1 heterocycles. The Labute approximate surface area is 154 Å². The van der Waals surface area contributed by atoms with E-state index in [4.69, 9.17) is 0 Å². The van der Waals surface area contributed by atoms with Crippen LogP contribution in [-0.4, -0.2) is 21.9 Å². The molecule has 132 valence electrons. The Kier molecular flexibility index (Phi) is 4.51. The lowest BCUT2D eigenvalue weighted by molar-refractivity contribution is 0.0990. The Morgan fingerprint density at radius 1 is 0.963 bits per heavy atom. The van der Waals surface area contributed by atoms with E-state index < -0.39 is 5.91 Å². The molecule has 1 aromatic heterocycles. The SMILES string of the molecule is O=C(N=[N+]=Nc1cc(C2CC2)[nH]n1)c1ccc(C(=O)c2ccccc2)cc1. The summed E-state index contributed by atoms with van der Waals surface area (Å²) < 4.78 is 0. The number of H-pyrrole nitrogens is 1. The van der Waals surface area contributed by atoms with Crippen molar-refractivity contribution in [2.24, 2.45) is 10.2 Å². The fourth-order valence-electron chi connectivity index (χ4n) is 2.67. The summed E-state index contributed by atoms with van der Waals surface area (Å²) in [6.07, 6.45) is 2.31. The minimum Gasteiger partial charge on any atom is -0.289 e. The molecule has 1 saturated carbocycles. The molecule has 2 aromatic carbocycles. The summed E-state index contributed by atoms with van der Waals surface area (Å²) in [6, 6.07) is 17.1. The molecule has 1 aliphatic carbocycles. The number of aromatic amines is 1. The average molecular weight is 358 g/mol. The van der Waals surface area contributed by atoms with Gasteiger partial charge in [-0.05, 0) is 25.0 Å². The van der Waals surface area contributed by atoms with Crippen molar-refractivity contribution < 1.29 is 9.59 Å². The topological polar surface area (TPSA) is 102 Å². The van der Waals surface area contributed by atoms with Gasteiger partial charge < -0.3 is 0 Å². The minimum absolute atomic E-state index is 0.101. The second-order valence-electron chi connectivity index (χ2n) is 6.32. The first-order valence-electron chi connectivity index (χ1n) is 8.62. The van der Waals surface area contributed by atoms with Crippen LogP contribution in [0.25, 0.3) is 0 Å². The van der Waals surface area contributed by atoms with Crippen LogP contribution in [-0.2, 0) is 0 Å². The van der Waals surface area contributed by atoms with Gasteiger partial charge in [0.15, 0.2) is 10.9 Å². The van der Waals surface area contributed by atoms with Gasteiger partial charge in [-0.25, -0.2) is 0 Å². The van der Waals surface area contributed by atoms with Crippen molar-refractivity contribution >= 4 is 17.5 Å². The molecule has 1 fully saturated rings. The molecule has 0 aliphatic heterocycles. The highest BCUT2D eigenvalue weighted by molar-refractivity contribution is 6.09. The van der Waals surface area contributed by atoms with Crippen LogP contribution in [0.15, 0.2) is 70.9 Å². The fraction of sp³-hybridized carbons (Fsp3) is 0.150. The third kappa shape index (κ3) is 3.94. The maximum absolute atomic E-state index is 12.4. The zero-order chi connectivity index (χ0) is 18.6. The van der Waals surface area contributed by atoms with Crippen LogP contribution in [0, 0.1) is 0 Å². The number of amides is 1. The van der Waals surface area contributed by atoms with Crippen molar-refractivity contribution in [3.8, 4) is 0 Å². The summed E-state index contributed by atoms with van der Waals surface area (Å²) >= 11 is 0. The van der Waals surface area contributed by atoms with Gasteiger partial charge in [-0.1, -0.05) is 42.5 Å². The summed E-state index contributed by atoms with van der Waals surface area (Å²) in [6.45, 7) is 0. The predicted molar refractivity (Wildman–Crippen MR) is 97.9 cm³/mol. The lowest BCUT2D eigenvalue weighted by Gasteiger charge is -2.01. The van der Waals surface area contributed by atoms with Gasteiger partial charge in [0, 0.05) is 34.4 Å². The molecule has 7 heteroatoms. The number of hydrogen-bond acceptors (Lipinski definition) is 4. The van der Waals surface area contributed by atoms with E-state index in [1.807, 2.05) is 24.3 Å². The number of nitrogens with one attached hydrogen (secondary N) is 1. The molecule has 1 aliphatic rings. The molecule has 1 N–H and O–H groups in total. The number of rotatable bonds is 5. The van der Waals surface area contributed by atoms with Gasteiger partial charge in [0.2, 0.25) is 10.0 Å². The predicted octanol–water partition coefficient (Wildman–Crippen LogP) is 3.96. The van der Waals surface area contributed by atoms with Crippen LogP contribution in [0.1, 0.15) is 50.7 Å². The molecule has 0 spiro atoms. The monoisotopic (exact) mass is 358 g/mol. The molecular formula is C20H16N5O2+. The van der Waals surface area contributed by atoms with Gasteiger partial charge in [-0.2, -0.15) is 0 Å². The second-order valence-corrected chi connectivity index (χ2v) is 6.32. The smallest absolute Gasteiger partial charge is 0.289 e. The fourth-order valence-corrected chi connectivity index (χ4v) is 2.67. The molecule has 0 unspecified atom stereocenters. The lowest BCUT2D eigenvalue weighted by Crippen LogP contribution is -2.02. The van der Waals surface area contributed by atoms with Gasteiger partial charge in [-0.15, -0.1) is 5.10 Å². The van der Waals surface area contributed by atoms with E-state index in [0.29, 0.717) is 28.4 Å². The number of aromatic nitrogens is 2. The lowest BCUT2D eigenvalue weighted by atomic mass is 10.0. The van der Waals surface area contributed by atoms with E-state index >= 15 is 0 Å². The van der Waals surface area contributed by atoms with Crippen LogP contribution in [0.4, 0.5) is 5.82 Å². The third-order valence-corrected chi connectivity index (χ3v) is 4.31. The Morgan fingerprint density at radius 3 is 2.33 bits per heavy atom. The Bertz CT molecular complexity index is 1040. The van der Waals surface area contributed by atoms with Gasteiger partial charge in [0.1, 0.15) is 0 Å². The first-order valence-corrected chi connectivity index (χ1v) is 8.62. The summed E-state index contributed by atoms with van der Waals surface area (Å²) in [5.74, 6) is 0.307. The van der Waals surface area contributed by atoms with Crippen molar-refractivity contribution in [1.82, 2.24) is 15.1 Å². The number of ketones is 1. The van der Waals surface area contributed by atoms with E-state index in [0.717, 1.165) is 18.5 Å². The van der Waals surface area contributed by atoms with Crippen LogP contribution < -0.4 is 4.91 Å². The van der Waals surface area contributed by atoms with Crippen LogP contribution in [0.3, 0.4) is 0 Å². The first kappa shape index (κ1) is 16.8. The molecule has 0 saturated heterocycles. The minimum atomic E-state index is -0.532. The van der Waals surface area contributed by atoms with Crippen molar-refractivity contribution in [3.05, 3.63) is 83.0 Å². The van der Waals surface area contributed by atoms with Gasteiger partial charge >= 0.3 is 5.91 Å². The van der Waals surface area contributed by atoms with E-state index in [1.54, 1.807) is 36.4 Å². The molecule has 27 heavy (non-hydrogen) atoms. The molecule has 1 amide bonds. The number of carbonyl (C=O) groups is 2. The van der Waals surface area contributed by atoms with Gasteiger partial charge in [0.25, 0.3) is 5.82 Å². The molecule has 7 nitrogen and oxygen atoms in total. The van der Waals surface area contributed by atoms with E-state index in [2.05, 4.69) is 25.3 Å². The number of carbonyl (C=O) groups excluding carboxylic acids is 2. The summed E-state index contributed by atoms with van der Waals surface area (Å²) in [5, 5.41) is 14.3. The van der Waals surface area contributed by atoms with Crippen molar-refractivity contribution in [2.75, 3.05) is 0 Å². The molecule has 3 aromatic rings. The standard InChI is InChI=1S/C20H15N5O2/c26-19(14-4-2-1-3-5-14)15-8-10-16(11-9-15)20(27)24-25-23-18-12-17(21-22-18)13-6-7-13/h1-5,8-13H,6-7H2/p+1. The molecular weight excluding hydrogens is 342 g/mol. The molecule has 0 bridgehead atoms. The van der Waals surface area contributed by atoms with Gasteiger partial charge in [-0.3, -0.25) is 14.7 Å². The summed E-state index contributed by atoms with van der Waals surface area (Å²) in [4.78, 5) is 28.0. The zero-order valence-electron chi connectivity index (χ0n) is 14.4. The average Bonchev–Trinajstić information content (AvgIpc) is 3.47. The van der Waals surface area contributed by atoms with Crippen LogP contribution in [0.5, 0.6) is 0 Å². The second kappa shape index (κ2) is 7.27. The largest absolute Gasteiger partial charge is 0.360 e. The third-order valence-electron chi connectivity index (χ3n) is 4.31. The molecule has 0 atom stereocenters. The van der Waals surface area contributed by atoms with E-state index in [-0.39, 0.29) is 5.78 Å².